The summed E-state index contributed by atoms with van der Waals surface area (Å²) in [6, 6.07) is 13.8. The zero-order valence-corrected chi connectivity index (χ0v) is 20.7. The molecule has 0 aliphatic carbocycles. The maximum atomic E-state index is 12.6. The van der Waals surface area contributed by atoms with Crippen LogP contribution in [0.15, 0.2) is 53.4 Å². The van der Waals surface area contributed by atoms with E-state index >= 15 is 0 Å². The first-order valence-corrected chi connectivity index (χ1v) is 12.6. The van der Waals surface area contributed by atoms with Crippen LogP contribution in [0.2, 0.25) is 0 Å². The van der Waals surface area contributed by atoms with Gasteiger partial charge in [0.25, 0.3) is 5.91 Å². The average molecular weight is 489 g/mol. The highest BCUT2D eigenvalue weighted by atomic mass is 32.2. The fourth-order valence-corrected chi connectivity index (χ4v) is 4.63. The zero-order valence-electron chi connectivity index (χ0n) is 19.9. The lowest BCUT2D eigenvalue weighted by atomic mass is 10.1. The molecule has 1 fully saturated rings. The third-order valence-electron chi connectivity index (χ3n) is 5.88. The Hall–Kier alpha value is -2.95. The van der Waals surface area contributed by atoms with Crippen molar-refractivity contribution in [2.24, 2.45) is 0 Å². The number of amides is 2. The highest BCUT2D eigenvalue weighted by Crippen LogP contribution is 2.15. The molecule has 2 amide bonds. The van der Waals surface area contributed by atoms with E-state index < -0.39 is 15.9 Å². The van der Waals surface area contributed by atoms with Gasteiger partial charge in [0.15, 0.2) is 0 Å². The number of hydrogen-bond donors (Lipinski definition) is 1. The molecule has 3 rings (SSSR count). The van der Waals surface area contributed by atoms with Crippen LogP contribution in [-0.2, 0) is 21.2 Å². The van der Waals surface area contributed by atoms with E-state index in [0.29, 0.717) is 13.1 Å². The number of piperazine rings is 1. The van der Waals surface area contributed by atoms with E-state index in [1.54, 1.807) is 12.0 Å². The number of methoxy groups -OCH3 is 1. The average Bonchev–Trinajstić information content (AvgIpc) is 2.86. The Balaban J connectivity index is 1.44. The van der Waals surface area contributed by atoms with Crippen LogP contribution < -0.4 is 10.1 Å². The third-order valence-corrected chi connectivity index (χ3v) is 7.69. The van der Waals surface area contributed by atoms with Crippen molar-refractivity contribution in [1.82, 2.24) is 19.4 Å². The van der Waals surface area contributed by atoms with Gasteiger partial charge < -0.3 is 15.0 Å². The molecule has 0 radical (unpaired) electrons. The maximum absolute atomic E-state index is 12.6. The predicted octanol–water partition coefficient (Wildman–Crippen LogP) is 1.06. The molecule has 2 aromatic rings. The Morgan fingerprint density at radius 2 is 1.71 bits per heavy atom. The van der Waals surface area contributed by atoms with Crippen LogP contribution in [0.3, 0.4) is 0 Å². The summed E-state index contributed by atoms with van der Waals surface area (Å²) in [5.74, 6) is 0.205. The van der Waals surface area contributed by atoms with Crippen molar-refractivity contribution in [3.05, 3.63) is 59.7 Å². The third kappa shape index (κ3) is 6.55. The van der Waals surface area contributed by atoms with E-state index in [9.17, 15) is 18.0 Å². The number of nitrogens with one attached hydrogen (secondary N) is 1. The van der Waals surface area contributed by atoms with Gasteiger partial charge in [0, 0.05) is 52.4 Å². The lowest BCUT2D eigenvalue weighted by Crippen LogP contribution is -2.51. The fourth-order valence-electron chi connectivity index (χ4n) is 3.68. The minimum absolute atomic E-state index is 0.0299. The van der Waals surface area contributed by atoms with Crippen molar-refractivity contribution < 1.29 is 22.7 Å². The Morgan fingerprint density at radius 3 is 2.32 bits per heavy atom. The highest BCUT2D eigenvalue weighted by molar-refractivity contribution is 7.89. The first kappa shape index (κ1) is 25.7. The van der Waals surface area contributed by atoms with E-state index in [0.717, 1.165) is 36.1 Å². The van der Waals surface area contributed by atoms with Crippen LogP contribution in [0.5, 0.6) is 5.75 Å². The number of hydrogen-bond acceptors (Lipinski definition) is 6. The summed E-state index contributed by atoms with van der Waals surface area (Å²) in [6.45, 7) is 3.55. The second kappa shape index (κ2) is 11.5. The molecule has 0 bridgehead atoms. The molecule has 1 aliphatic rings. The molecule has 1 heterocycles. The molecule has 0 unspecified atom stereocenters. The van der Waals surface area contributed by atoms with Crippen LogP contribution in [0.1, 0.15) is 15.9 Å². The molecule has 1 N–H and O–H groups in total. The molecule has 0 aromatic heterocycles. The molecule has 9 nitrogen and oxygen atoms in total. The van der Waals surface area contributed by atoms with Crippen LogP contribution in [0.4, 0.5) is 0 Å². The van der Waals surface area contributed by atoms with Crippen molar-refractivity contribution in [1.29, 1.82) is 0 Å². The summed E-state index contributed by atoms with van der Waals surface area (Å²) in [5, 5.41) is 2.61. The smallest absolute Gasteiger partial charge is 0.251 e. The van der Waals surface area contributed by atoms with Crippen LogP contribution in [0, 0.1) is 0 Å². The van der Waals surface area contributed by atoms with Gasteiger partial charge in [0.2, 0.25) is 15.9 Å². The van der Waals surface area contributed by atoms with Gasteiger partial charge in [-0.1, -0.05) is 18.2 Å². The number of nitrogens with zero attached hydrogens (tertiary/aromatic N) is 3. The van der Waals surface area contributed by atoms with Crippen molar-refractivity contribution in [2.75, 3.05) is 60.5 Å². The van der Waals surface area contributed by atoms with Crippen molar-refractivity contribution in [2.45, 2.75) is 11.3 Å². The normalized spacial score (nSPS) is 14.8. The first-order valence-electron chi connectivity index (χ1n) is 11.1. The lowest BCUT2D eigenvalue weighted by molar-refractivity contribution is -0.131. The van der Waals surface area contributed by atoms with Gasteiger partial charge in [-0.15, -0.1) is 0 Å². The molecule has 184 valence electrons. The maximum Gasteiger partial charge on any atom is 0.251 e. The fraction of sp³-hybridized carbons (Fsp3) is 0.417. The van der Waals surface area contributed by atoms with Gasteiger partial charge in [-0.25, -0.2) is 12.7 Å². The summed E-state index contributed by atoms with van der Waals surface area (Å²) in [6.07, 6.45) is 0.927. The molecule has 0 spiro atoms. The number of sulfonamides is 1. The molecule has 2 aromatic carbocycles. The summed E-state index contributed by atoms with van der Waals surface area (Å²) in [7, 11) is 0.866. The number of ether oxygens (including phenoxy) is 1. The molecule has 1 aliphatic heterocycles. The second-order valence-electron chi connectivity index (χ2n) is 8.32. The molecular weight excluding hydrogens is 456 g/mol. The molecule has 0 saturated carbocycles. The SMILES string of the molecule is COc1ccc(CCN2CCN(C(=O)CNC(=O)c3cccc(S(=O)(=O)N(C)C)c3)CC2)cc1. The van der Waals surface area contributed by atoms with Crippen molar-refractivity contribution in [3.8, 4) is 5.75 Å². The topological polar surface area (TPSA) is 99.3 Å². The monoisotopic (exact) mass is 488 g/mol. The zero-order chi connectivity index (χ0) is 24.7. The van der Waals surface area contributed by atoms with Crippen molar-refractivity contribution >= 4 is 21.8 Å². The Bertz CT molecular complexity index is 1090. The van der Waals surface area contributed by atoms with Gasteiger partial charge >= 0.3 is 0 Å². The first-order chi connectivity index (χ1) is 16.2. The number of benzene rings is 2. The lowest BCUT2D eigenvalue weighted by Gasteiger charge is -2.34. The van der Waals surface area contributed by atoms with Gasteiger partial charge in [-0.05, 0) is 42.3 Å². The van der Waals surface area contributed by atoms with E-state index in [1.165, 1.54) is 43.9 Å². The summed E-state index contributed by atoms with van der Waals surface area (Å²) >= 11 is 0. The molecule has 10 heteroatoms. The summed E-state index contributed by atoms with van der Waals surface area (Å²) < 4.78 is 30.8. The molecule has 34 heavy (non-hydrogen) atoms. The van der Waals surface area contributed by atoms with Crippen LogP contribution in [0.25, 0.3) is 0 Å². The summed E-state index contributed by atoms with van der Waals surface area (Å²) in [5.41, 5.74) is 1.43. The van der Waals surface area contributed by atoms with Crippen molar-refractivity contribution in [3.63, 3.8) is 0 Å². The van der Waals surface area contributed by atoms with Gasteiger partial charge in [-0.3, -0.25) is 14.5 Å². The minimum Gasteiger partial charge on any atom is -0.497 e. The standard InChI is InChI=1S/C24H32N4O5S/c1-26(2)34(31,32)22-6-4-5-20(17-22)24(30)25-18-23(29)28-15-13-27(14-16-28)12-11-19-7-9-21(33-3)10-8-19/h4-10,17H,11-16,18H2,1-3H3,(H,25,30). The molecular formula is C24H32N4O5S. The number of carbonyl (C=O) groups excluding carboxylic acids is 2. The van der Waals surface area contributed by atoms with E-state index in [4.69, 9.17) is 4.74 Å². The quantitative estimate of drug-likeness (QED) is 0.567. The van der Waals surface area contributed by atoms with Gasteiger partial charge in [-0.2, -0.15) is 0 Å². The van der Waals surface area contributed by atoms with E-state index in [2.05, 4.69) is 22.3 Å². The van der Waals surface area contributed by atoms with E-state index in [1.807, 2.05) is 12.1 Å². The minimum atomic E-state index is -3.64. The number of carbonyl (C=O) groups is 2. The largest absolute Gasteiger partial charge is 0.497 e. The molecule has 0 atom stereocenters. The number of rotatable bonds is 9. The Morgan fingerprint density at radius 1 is 1.03 bits per heavy atom. The van der Waals surface area contributed by atoms with Gasteiger partial charge in [0.1, 0.15) is 5.75 Å². The van der Waals surface area contributed by atoms with Crippen LogP contribution >= 0.6 is 0 Å². The predicted molar refractivity (Wildman–Crippen MR) is 129 cm³/mol. The summed E-state index contributed by atoms with van der Waals surface area (Å²) in [4.78, 5) is 29.2. The molecule has 1 saturated heterocycles. The Kier molecular flexibility index (Phi) is 8.65. The van der Waals surface area contributed by atoms with Crippen LogP contribution in [-0.4, -0.2) is 94.8 Å². The highest BCUT2D eigenvalue weighted by Gasteiger charge is 2.22. The second-order valence-corrected chi connectivity index (χ2v) is 10.5. The Labute approximate surface area is 201 Å². The van der Waals surface area contributed by atoms with E-state index in [-0.39, 0.29) is 22.9 Å². The van der Waals surface area contributed by atoms with Gasteiger partial charge in [0.05, 0.1) is 18.6 Å².